The summed E-state index contributed by atoms with van der Waals surface area (Å²) in [6.45, 7) is 2.66. The number of hydrogen-bond acceptors (Lipinski definition) is 6. The Morgan fingerprint density at radius 1 is 0.588 bits per heavy atom. The van der Waals surface area contributed by atoms with E-state index in [0.717, 1.165) is 12.8 Å². The molecule has 0 aliphatic rings. The zero-order chi connectivity index (χ0) is 24.9. The summed E-state index contributed by atoms with van der Waals surface area (Å²) >= 11 is 0. The first-order valence-corrected chi connectivity index (χ1v) is 13.3. The van der Waals surface area contributed by atoms with Gasteiger partial charge in [0.25, 0.3) is 0 Å². The van der Waals surface area contributed by atoms with Gasteiger partial charge in [-0.25, -0.2) is 4.79 Å². The minimum Gasteiger partial charge on any atom is -0.496 e. The summed E-state index contributed by atoms with van der Waals surface area (Å²) in [6.07, 6.45) is 21.1. The number of hydrogen-bond donors (Lipinski definition) is 0. The van der Waals surface area contributed by atoms with Crippen LogP contribution in [-0.2, 0) is 9.78 Å². The van der Waals surface area contributed by atoms with Gasteiger partial charge in [0.2, 0.25) is 0 Å². The zero-order valence-corrected chi connectivity index (χ0v) is 22.1. The number of carbonyl (C=O) groups excluding carboxylic acids is 1. The van der Waals surface area contributed by atoms with Crippen LogP contribution in [0.5, 0.6) is 17.2 Å². The van der Waals surface area contributed by atoms with Crippen LogP contribution in [0.4, 0.5) is 0 Å². The van der Waals surface area contributed by atoms with Crippen LogP contribution in [0.3, 0.4) is 0 Å². The monoisotopic (exact) mass is 480 g/mol. The average molecular weight is 481 g/mol. The fourth-order valence-electron chi connectivity index (χ4n) is 4.04. The maximum atomic E-state index is 12.3. The molecular weight excluding hydrogens is 432 g/mol. The Labute approximate surface area is 207 Å². The van der Waals surface area contributed by atoms with Crippen LogP contribution in [0.15, 0.2) is 12.1 Å². The lowest BCUT2D eigenvalue weighted by molar-refractivity contribution is -0.241. The topological polar surface area (TPSA) is 63.2 Å². The van der Waals surface area contributed by atoms with Gasteiger partial charge in [0, 0.05) is 12.1 Å². The Kier molecular flexibility index (Phi) is 18.1. The molecule has 1 aromatic carbocycles. The fraction of sp³-hybridized carbons (Fsp3) is 0.750. The maximum Gasteiger partial charge on any atom is 0.376 e. The highest BCUT2D eigenvalue weighted by molar-refractivity contribution is 5.93. The number of carbonyl (C=O) groups is 1. The quantitative estimate of drug-likeness (QED) is 0.0950. The van der Waals surface area contributed by atoms with Crippen LogP contribution in [0.25, 0.3) is 0 Å². The maximum absolute atomic E-state index is 12.3. The van der Waals surface area contributed by atoms with Crippen LogP contribution in [0.1, 0.15) is 120 Å². The first-order chi connectivity index (χ1) is 16.7. The normalized spacial score (nSPS) is 10.8. The third-order valence-electron chi connectivity index (χ3n) is 6.14. The number of benzene rings is 1. The molecule has 0 N–H and O–H groups in total. The summed E-state index contributed by atoms with van der Waals surface area (Å²) in [5.41, 5.74) is 0.229. The molecule has 1 aromatic rings. The fourth-order valence-corrected chi connectivity index (χ4v) is 4.04. The molecule has 6 nitrogen and oxygen atoms in total. The highest BCUT2D eigenvalue weighted by Crippen LogP contribution is 2.35. The Balaban J connectivity index is 2.00. The first-order valence-electron chi connectivity index (χ1n) is 13.3. The van der Waals surface area contributed by atoms with Crippen LogP contribution >= 0.6 is 0 Å². The highest BCUT2D eigenvalue weighted by Gasteiger charge is 2.19. The molecule has 0 spiro atoms. The molecule has 0 atom stereocenters. The molecule has 0 saturated carbocycles. The van der Waals surface area contributed by atoms with E-state index in [0.29, 0.717) is 23.9 Å². The Hall–Kier alpha value is -1.95. The predicted octanol–water partition coefficient (Wildman–Crippen LogP) is 8.06. The van der Waals surface area contributed by atoms with Crippen molar-refractivity contribution in [2.45, 2.75) is 110 Å². The molecular formula is C28H48O6. The molecule has 0 fully saturated rings. The average Bonchev–Trinajstić information content (AvgIpc) is 2.86. The second kappa shape index (κ2) is 20.4. The molecule has 1 rings (SSSR count). The van der Waals surface area contributed by atoms with Gasteiger partial charge in [0.05, 0.1) is 27.9 Å². The molecule has 0 bridgehead atoms. The summed E-state index contributed by atoms with van der Waals surface area (Å²) in [6, 6.07) is 3.11. The molecule has 6 heteroatoms. The Morgan fingerprint density at radius 2 is 1.00 bits per heavy atom. The van der Waals surface area contributed by atoms with Crippen molar-refractivity contribution in [3.63, 3.8) is 0 Å². The third kappa shape index (κ3) is 13.1. The van der Waals surface area contributed by atoms with Gasteiger partial charge in [-0.3, -0.25) is 4.89 Å². The minimum atomic E-state index is -0.616. The van der Waals surface area contributed by atoms with Crippen molar-refractivity contribution < 1.29 is 28.8 Å². The van der Waals surface area contributed by atoms with Crippen molar-refractivity contribution in [1.29, 1.82) is 0 Å². The summed E-state index contributed by atoms with van der Waals surface area (Å²) in [7, 11) is 4.51. The number of methoxy groups -OCH3 is 3. The van der Waals surface area contributed by atoms with Crippen molar-refractivity contribution >= 4 is 5.97 Å². The van der Waals surface area contributed by atoms with E-state index in [-0.39, 0.29) is 5.56 Å². The molecule has 0 saturated heterocycles. The van der Waals surface area contributed by atoms with Gasteiger partial charge in [-0.2, -0.15) is 4.89 Å². The molecule has 0 aliphatic heterocycles. The van der Waals surface area contributed by atoms with Crippen molar-refractivity contribution in [2.75, 3.05) is 27.9 Å². The smallest absolute Gasteiger partial charge is 0.376 e. The molecule has 0 radical (unpaired) electrons. The van der Waals surface area contributed by atoms with E-state index >= 15 is 0 Å². The van der Waals surface area contributed by atoms with Crippen molar-refractivity contribution in [1.82, 2.24) is 0 Å². The van der Waals surface area contributed by atoms with E-state index in [1.54, 1.807) is 6.07 Å². The van der Waals surface area contributed by atoms with Crippen molar-refractivity contribution in [2.24, 2.45) is 0 Å². The Bertz CT molecular complexity index is 646. The van der Waals surface area contributed by atoms with Crippen LogP contribution in [-0.4, -0.2) is 33.9 Å². The van der Waals surface area contributed by atoms with E-state index in [1.165, 1.54) is 117 Å². The van der Waals surface area contributed by atoms with Gasteiger partial charge < -0.3 is 14.2 Å². The highest BCUT2D eigenvalue weighted by atomic mass is 17.2. The summed E-state index contributed by atoms with van der Waals surface area (Å²) in [5.74, 6) is 0.626. The number of ether oxygens (including phenoxy) is 3. The minimum absolute atomic E-state index is 0.229. The zero-order valence-electron chi connectivity index (χ0n) is 22.1. The second-order valence-corrected chi connectivity index (χ2v) is 8.90. The molecule has 0 heterocycles. The van der Waals surface area contributed by atoms with Crippen molar-refractivity contribution in [3.05, 3.63) is 17.7 Å². The molecule has 34 heavy (non-hydrogen) atoms. The first kappa shape index (κ1) is 30.1. The van der Waals surface area contributed by atoms with E-state index < -0.39 is 5.97 Å². The van der Waals surface area contributed by atoms with Gasteiger partial charge in [0.1, 0.15) is 11.3 Å². The van der Waals surface area contributed by atoms with E-state index in [2.05, 4.69) is 6.92 Å². The van der Waals surface area contributed by atoms with Gasteiger partial charge in [-0.1, -0.05) is 103 Å². The standard InChI is InChI=1S/C28H48O6/c1-5-6-7-8-9-10-11-12-13-14-15-16-17-18-19-20-21-33-34-28(29)24-22-26(31-3)27(32-4)23-25(24)30-2/h22-23H,5-21H2,1-4H3. The van der Waals surface area contributed by atoms with E-state index in [1.807, 2.05) is 0 Å². The second-order valence-electron chi connectivity index (χ2n) is 8.90. The number of unbranched alkanes of at least 4 members (excludes halogenated alkanes) is 15. The Morgan fingerprint density at radius 3 is 1.44 bits per heavy atom. The molecule has 0 aromatic heterocycles. The molecule has 196 valence electrons. The SMILES string of the molecule is CCCCCCCCCCCCCCCCCCOOC(=O)c1cc(OC)c(OC)cc1OC. The van der Waals surface area contributed by atoms with E-state index in [9.17, 15) is 4.79 Å². The van der Waals surface area contributed by atoms with Crippen LogP contribution in [0, 0.1) is 0 Å². The lowest BCUT2D eigenvalue weighted by Crippen LogP contribution is -2.09. The lowest BCUT2D eigenvalue weighted by atomic mass is 10.0. The number of rotatable bonds is 22. The summed E-state index contributed by atoms with van der Waals surface area (Å²) in [4.78, 5) is 22.4. The van der Waals surface area contributed by atoms with Crippen LogP contribution in [0.2, 0.25) is 0 Å². The summed E-state index contributed by atoms with van der Waals surface area (Å²) in [5, 5.41) is 0. The largest absolute Gasteiger partial charge is 0.496 e. The van der Waals surface area contributed by atoms with Gasteiger partial charge in [0.15, 0.2) is 11.5 Å². The van der Waals surface area contributed by atoms with Gasteiger partial charge in [-0.05, 0) is 6.42 Å². The van der Waals surface area contributed by atoms with Gasteiger partial charge >= 0.3 is 5.97 Å². The molecule has 0 unspecified atom stereocenters. The van der Waals surface area contributed by atoms with E-state index in [4.69, 9.17) is 24.0 Å². The lowest BCUT2D eigenvalue weighted by Gasteiger charge is -2.13. The van der Waals surface area contributed by atoms with Gasteiger partial charge in [-0.15, -0.1) is 0 Å². The summed E-state index contributed by atoms with van der Waals surface area (Å²) < 4.78 is 15.7. The van der Waals surface area contributed by atoms with Crippen LogP contribution < -0.4 is 14.2 Å². The predicted molar refractivity (Wildman–Crippen MR) is 137 cm³/mol. The molecule has 0 amide bonds. The molecule has 0 aliphatic carbocycles. The third-order valence-corrected chi connectivity index (χ3v) is 6.14. The van der Waals surface area contributed by atoms with Crippen molar-refractivity contribution in [3.8, 4) is 17.2 Å².